The minimum atomic E-state index is -4.35. The fourth-order valence-electron chi connectivity index (χ4n) is 2.91. The first-order chi connectivity index (χ1) is 13.2. The van der Waals surface area contributed by atoms with Gasteiger partial charge in [0.25, 0.3) is 0 Å². The van der Waals surface area contributed by atoms with Gasteiger partial charge in [-0.1, -0.05) is 13.8 Å². The van der Waals surface area contributed by atoms with Gasteiger partial charge in [0.2, 0.25) is 5.91 Å². The van der Waals surface area contributed by atoms with Crippen molar-refractivity contribution in [2.24, 2.45) is 10.9 Å². The number of likely N-dealkylation sites (tertiary alicyclic amines) is 1. The Balaban J connectivity index is 0.00000420. The first-order valence-corrected chi connectivity index (χ1v) is 9.26. The van der Waals surface area contributed by atoms with Crippen molar-refractivity contribution in [2.75, 3.05) is 33.3 Å². The number of carbonyl (C=O) groups excluding carboxylic acids is 1. The van der Waals surface area contributed by atoms with Crippen molar-refractivity contribution < 1.29 is 22.7 Å². The fourth-order valence-corrected chi connectivity index (χ4v) is 2.91. The van der Waals surface area contributed by atoms with Crippen LogP contribution in [0, 0.1) is 5.92 Å². The lowest BCUT2D eigenvalue weighted by molar-refractivity contribution is -0.137. The van der Waals surface area contributed by atoms with Gasteiger partial charge in [0.05, 0.1) is 12.1 Å². The van der Waals surface area contributed by atoms with Crippen LogP contribution in [0.15, 0.2) is 29.3 Å². The zero-order valence-corrected chi connectivity index (χ0v) is 19.1. The van der Waals surface area contributed by atoms with E-state index >= 15 is 0 Å². The van der Waals surface area contributed by atoms with Crippen LogP contribution < -0.4 is 15.4 Å². The minimum Gasteiger partial charge on any atom is -0.492 e. The smallest absolute Gasteiger partial charge is 0.416 e. The highest BCUT2D eigenvalue weighted by Crippen LogP contribution is 2.30. The number of nitrogens with one attached hydrogen (secondary N) is 2. The lowest BCUT2D eigenvalue weighted by atomic mass is 10.2. The molecule has 164 valence electrons. The summed E-state index contributed by atoms with van der Waals surface area (Å²) in [4.78, 5) is 18.0. The van der Waals surface area contributed by atoms with Crippen molar-refractivity contribution in [1.29, 1.82) is 0 Å². The summed E-state index contributed by atoms with van der Waals surface area (Å²) in [7, 11) is 1.65. The van der Waals surface area contributed by atoms with Crippen LogP contribution in [-0.4, -0.2) is 56.1 Å². The van der Waals surface area contributed by atoms with E-state index < -0.39 is 11.7 Å². The first kappa shape index (κ1) is 25.3. The van der Waals surface area contributed by atoms with Crippen molar-refractivity contribution in [3.63, 3.8) is 0 Å². The molecule has 0 aromatic heterocycles. The largest absolute Gasteiger partial charge is 0.492 e. The Morgan fingerprint density at radius 1 is 1.31 bits per heavy atom. The predicted octanol–water partition coefficient (Wildman–Crippen LogP) is 3.12. The van der Waals surface area contributed by atoms with Crippen molar-refractivity contribution in [2.45, 2.75) is 32.5 Å². The quantitative estimate of drug-likeness (QED) is 0.258. The maximum atomic E-state index is 12.5. The second kappa shape index (κ2) is 11.5. The Hall–Kier alpha value is -1.72. The normalized spacial score (nSPS) is 17.1. The monoisotopic (exact) mass is 528 g/mol. The van der Waals surface area contributed by atoms with Gasteiger partial charge in [0, 0.05) is 32.1 Å². The van der Waals surface area contributed by atoms with E-state index in [1.165, 1.54) is 12.1 Å². The number of rotatable bonds is 6. The summed E-state index contributed by atoms with van der Waals surface area (Å²) in [6.07, 6.45) is -3.50. The molecule has 1 atom stereocenters. The average Bonchev–Trinajstić information content (AvgIpc) is 3.11. The Morgan fingerprint density at radius 3 is 2.52 bits per heavy atom. The molecule has 2 rings (SSSR count). The number of guanidine groups is 1. The van der Waals surface area contributed by atoms with E-state index in [1.54, 1.807) is 7.05 Å². The number of nitrogens with zero attached hydrogens (tertiary/aromatic N) is 2. The molecule has 1 aliphatic rings. The molecule has 10 heteroatoms. The standard InChI is InChI=1S/C19H27F3N4O2.HI/c1-13(2)17(27)26-10-8-15(12-26)25-18(23-3)24-9-11-28-16-6-4-14(5-7-16)19(20,21)22;/h4-7,13,15H,8-12H2,1-3H3,(H2,23,24,25);1H. The van der Waals surface area contributed by atoms with E-state index in [0.717, 1.165) is 25.1 Å². The van der Waals surface area contributed by atoms with E-state index in [9.17, 15) is 18.0 Å². The lowest BCUT2D eigenvalue weighted by Gasteiger charge is -2.20. The molecule has 1 saturated heterocycles. The number of benzene rings is 1. The third kappa shape index (κ3) is 7.90. The molecule has 1 aliphatic heterocycles. The van der Waals surface area contributed by atoms with Crippen molar-refractivity contribution in [3.8, 4) is 5.75 Å². The highest BCUT2D eigenvalue weighted by molar-refractivity contribution is 14.0. The van der Waals surface area contributed by atoms with E-state index in [-0.39, 0.29) is 48.5 Å². The number of hydrogen-bond acceptors (Lipinski definition) is 3. The molecule has 29 heavy (non-hydrogen) atoms. The number of ether oxygens (including phenoxy) is 1. The summed E-state index contributed by atoms with van der Waals surface area (Å²) in [5.41, 5.74) is -0.705. The fraction of sp³-hybridized carbons (Fsp3) is 0.579. The molecule has 1 aromatic carbocycles. The van der Waals surface area contributed by atoms with Gasteiger partial charge < -0.3 is 20.3 Å². The summed E-state index contributed by atoms with van der Waals surface area (Å²) in [6, 6.07) is 4.72. The van der Waals surface area contributed by atoms with Crippen LogP contribution in [0.4, 0.5) is 13.2 Å². The molecule has 0 saturated carbocycles. The zero-order valence-electron chi connectivity index (χ0n) is 16.8. The van der Waals surface area contributed by atoms with Gasteiger partial charge in [0.1, 0.15) is 12.4 Å². The molecule has 0 radical (unpaired) electrons. The van der Waals surface area contributed by atoms with Crippen molar-refractivity contribution >= 4 is 35.8 Å². The Bertz CT molecular complexity index is 681. The summed E-state index contributed by atoms with van der Waals surface area (Å²) < 4.78 is 43.1. The van der Waals surface area contributed by atoms with Crippen LogP contribution in [0.5, 0.6) is 5.75 Å². The molecule has 1 aromatic rings. The van der Waals surface area contributed by atoms with Crippen LogP contribution in [0.2, 0.25) is 0 Å². The third-order valence-electron chi connectivity index (χ3n) is 4.40. The lowest BCUT2D eigenvalue weighted by Crippen LogP contribution is -2.46. The number of alkyl halides is 3. The summed E-state index contributed by atoms with van der Waals surface area (Å²) in [5.74, 6) is 1.10. The Kier molecular flexibility index (Phi) is 10.0. The molecule has 2 N–H and O–H groups in total. The van der Waals surface area contributed by atoms with E-state index in [2.05, 4.69) is 15.6 Å². The molecule has 0 bridgehead atoms. The second-order valence-electron chi connectivity index (χ2n) is 6.94. The summed E-state index contributed by atoms with van der Waals surface area (Å²) in [5, 5.41) is 6.38. The number of amides is 1. The van der Waals surface area contributed by atoms with Gasteiger partial charge in [-0.25, -0.2) is 0 Å². The topological polar surface area (TPSA) is 66.0 Å². The average molecular weight is 528 g/mol. The molecule has 0 spiro atoms. The van der Waals surface area contributed by atoms with Crippen molar-refractivity contribution in [1.82, 2.24) is 15.5 Å². The zero-order chi connectivity index (χ0) is 20.7. The first-order valence-electron chi connectivity index (χ1n) is 9.26. The van der Waals surface area contributed by atoms with Crippen LogP contribution in [0.25, 0.3) is 0 Å². The van der Waals surface area contributed by atoms with Gasteiger partial charge in [0.15, 0.2) is 5.96 Å². The molecular weight excluding hydrogens is 500 g/mol. The maximum Gasteiger partial charge on any atom is 0.416 e. The van der Waals surface area contributed by atoms with Gasteiger partial charge in [-0.3, -0.25) is 9.79 Å². The Morgan fingerprint density at radius 2 is 1.97 bits per heavy atom. The highest BCUT2D eigenvalue weighted by Gasteiger charge is 2.30. The SMILES string of the molecule is CN=C(NCCOc1ccc(C(F)(F)F)cc1)NC1CCN(C(=O)C(C)C)C1.I. The predicted molar refractivity (Wildman–Crippen MR) is 117 cm³/mol. The molecule has 6 nitrogen and oxygen atoms in total. The number of carbonyl (C=O) groups is 1. The van der Waals surface area contributed by atoms with E-state index in [0.29, 0.717) is 24.8 Å². The van der Waals surface area contributed by atoms with Gasteiger partial charge in [-0.15, -0.1) is 24.0 Å². The van der Waals surface area contributed by atoms with Crippen LogP contribution >= 0.6 is 24.0 Å². The minimum absolute atomic E-state index is 0. The molecule has 1 unspecified atom stereocenters. The maximum absolute atomic E-state index is 12.5. The molecular formula is C19H28F3IN4O2. The van der Waals surface area contributed by atoms with E-state index in [4.69, 9.17) is 4.74 Å². The molecule has 1 heterocycles. The number of halogens is 4. The summed E-state index contributed by atoms with van der Waals surface area (Å²) >= 11 is 0. The van der Waals surface area contributed by atoms with Crippen LogP contribution in [-0.2, 0) is 11.0 Å². The molecule has 1 amide bonds. The molecule has 0 aliphatic carbocycles. The van der Waals surface area contributed by atoms with Crippen LogP contribution in [0.3, 0.4) is 0 Å². The van der Waals surface area contributed by atoms with Crippen LogP contribution in [0.1, 0.15) is 25.8 Å². The molecule has 1 fully saturated rings. The van der Waals surface area contributed by atoms with Gasteiger partial charge in [-0.2, -0.15) is 13.2 Å². The van der Waals surface area contributed by atoms with Crippen molar-refractivity contribution in [3.05, 3.63) is 29.8 Å². The number of aliphatic imine (C=N–C) groups is 1. The third-order valence-corrected chi connectivity index (χ3v) is 4.40. The second-order valence-corrected chi connectivity index (χ2v) is 6.94. The summed E-state index contributed by atoms with van der Waals surface area (Å²) in [6.45, 7) is 5.85. The van der Waals surface area contributed by atoms with Gasteiger partial charge >= 0.3 is 6.18 Å². The number of hydrogen-bond donors (Lipinski definition) is 2. The highest BCUT2D eigenvalue weighted by atomic mass is 127. The Labute approximate surface area is 186 Å². The van der Waals surface area contributed by atoms with Gasteiger partial charge in [-0.05, 0) is 30.7 Å². The van der Waals surface area contributed by atoms with E-state index in [1.807, 2.05) is 18.7 Å².